The van der Waals surface area contributed by atoms with Crippen LogP contribution in [0.1, 0.15) is 61.3 Å². The van der Waals surface area contributed by atoms with Crippen molar-refractivity contribution in [1.29, 1.82) is 0 Å². The van der Waals surface area contributed by atoms with Gasteiger partial charge in [0.2, 0.25) is 0 Å². The topological polar surface area (TPSA) is 9.23 Å². The highest BCUT2D eigenvalue weighted by Crippen LogP contribution is 2.44. The highest BCUT2D eigenvalue weighted by Gasteiger charge is 2.47. The van der Waals surface area contributed by atoms with Crippen LogP contribution in [0.4, 0.5) is 0 Å². The monoisotopic (exact) mass is 292 g/mol. The van der Waals surface area contributed by atoms with Crippen molar-refractivity contribution in [1.82, 2.24) is 0 Å². The Morgan fingerprint density at radius 1 is 1.15 bits per heavy atom. The average molecular weight is 293 g/mol. The first-order valence-corrected chi connectivity index (χ1v) is 9.82. The van der Waals surface area contributed by atoms with Crippen LogP contribution in [0.3, 0.4) is 0 Å². The summed E-state index contributed by atoms with van der Waals surface area (Å²) in [5, 5.41) is 0. The van der Waals surface area contributed by atoms with Gasteiger partial charge in [-0.1, -0.05) is 54.2 Å². The molecule has 1 nitrogen and oxygen atoms in total. The molecule has 0 atom stereocenters. The molecule has 0 saturated heterocycles. The third kappa shape index (κ3) is 4.56. The summed E-state index contributed by atoms with van der Waals surface area (Å²) < 4.78 is 6.54. The molecule has 0 unspecified atom stereocenters. The molecule has 0 amide bonds. The fourth-order valence-electron chi connectivity index (χ4n) is 3.13. The first-order valence-electron chi connectivity index (χ1n) is 7.68. The molecule has 0 aromatic carbocycles. The molecule has 0 spiro atoms. The molecular formula is C18H32OSi. The smallest absolute Gasteiger partial charge is 0.258 e. The van der Waals surface area contributed by atoms with Crippen molar-refractivity contribution in [2.45, 2.75) is 77.9 Å². The number of allylic oxidation sites excluding steroid dienone is 2. The lowest BCUT2D eigenvalue weighted by Crippen LogP contribution is -2.47. The molecule has 0 bridgehead atoms. The van der Waals surface area contributed by atoms with Crippen molar-refractivity contribution >= 4 is 8.32 Å². The van der Waals surface area contributed by atoms with Gasteiger partial charge >= 0.3 is 0 Å². The van der Waals surface area contributed by atoms with E-state index in [0.29, 0.717) is 16.6 Å². The van der Waals surface area contributed by atoms with E-state index < -0.39 is 8.32 Å². The third-order valence-corrected chi connectivity index (χ3v) is 10.2. The molecule has 0 aromatic heterocycles. The van der Waals surface area contributed by atoms with Gasteiger partial charge in [0, 0.05) is 6.42 Å². The number of hydrogen-bond donors (Lipinski definition) is 0. The van der Waals surface area contributed by atoms with Gasteiger partial charge in [-0.25, -0.2) is 0 Å². The summed E-state index contributed by atoms with van der Waals surface area (Å²) in [5.41, 5.74) is 2.83. The van der Waals surface area contributed by atoms with Gasteiger partial charge in [0.25, 0.3) is 8.32 Å². The second-order valence-corrected chi connectivity index (χ2v) is 11.8. The van der Waals surface area contributed by atoms with E-state index in [9.17, 15) is 0 Å². The number of unbranched alkanes of at least 4 members (excludes halogenated alkanes) is 1. The van der Waals surface area contributed by atoms with E-state index in [1.165, 1.54) is 0 Å². The van der Waals surface area contributed by atoms with E-state index in [-0.39, 0.29) is 0 Å². The molecule has 0 aliphatic rings. The minimum atomic E-state index is -1.88. The van der Waals surface area contributed by atoms with Gasteiger partial charge in [-0.05, 0) is 35.5 Å². The Hall–Kier alpha value is -0.943. The molecule has 0 heterocycles. The van der Waals surface area contributed by atoms with Gasteiger partial charge in [0.1, 0.15) is 0 Å². The summed E-state index contributed by atoms with van der Waals surface area (Å²) in [4.78, 5) is 0. The minimum Gasteiger partial charge on any atom is -0.543 e. The van der Waals surface area contributed by atoms with Crippen molar-refractivity contribution in [3.63, 3.8) is 0 Å². The van der Waals surface area contributed by atoms with Gasteiger partial charge < -0.3 is 4.43 Å². The van der Waals surface area contributed by atoms with E-state index in [1.807, 2.05) is 0 Å². The molecule has 0 aromatic rings. The van der Waals surface area contributed by atoms with Crippen LogP contribution in [0, 0.1) is 12.3 Å². The Bertz CT molecular complexity index is 361. The van der Waals surface area contributed by atoms with Gasteiger partial charge in [-0.15, -0.1) is 12.3 Å². The third-order valence-electron chi connectivity index (χ3n) is 4.19. The summed E-state index contributed by atoms with van der Waals surface area (Å²) in [5.74, 6) is 3.50. The number of rotatable bonds is 8. The van der Waals surface area contributed by atoms with Gasteiger partial charge in [-0.2, -0.15) is 0 Å². The molecule has 0 aliphatic heterocycles. The molecule has 0 aliphatic carbocycles. The first-order chi connectivity index (χ1) is 9.20. The summed E-state index contributed by atoms with van der Waals surface area (Å²) in [7, 11) is -1.88. The first kappa shape index (κ1) is 19.1. The van der Waals surface area contributed by atoms with Crippen molar-refractivity contribution < 1.29 is 4.43 Å². The second kappa shape index (κ2) is 8.37. The van der Waals surface area contributed by atoms with Crippen LogP contribution < -0.4 is 0 Å². The minimum absolute atomic E-state index is 0.567. The van der Waals surface area contributed by atoms with E-state index in [0.717, 1.165) is 24.2 Å². The predicted octanol–water partition coefficient (Wildman–Crippen LogP) is 6.05. The van der Waals surface area contributed by atoms with Crippen molar-refractivity contribution in [3.05, 3.63) is 24.0 Å². The molecule has 20 heavy (non-hydrogen) atoms. The van der Waals surface area contributed by atoms with Crippen LogP contribution in [-0.2, 0) is 4.43 Å². The Labute approximate surface area is 127 Å². The SMILES string of the molecule is C#CCC/C=C(\C)C(=C)O[Si](C(C)C)(C(C)C)C(C)C. The summed E-state index contributed by atoms with van der Waals surface area (Å²) in [6.45, 7) is 20.0. The van der Waals surface area contributed by atoms with Crippen molar-refractivity contribution in [3.8, 4) is 12.3 Å². The van der Waals surface area contributed by atoms with Gasteiger partial charge in [-0.3, -0.25) is 0 Å². The van der Waals surface area contributed by atoms with Crippen LogP contribution in [0.5, 0.6) is 0 Å². The van der Waals surface area contributed by atoms with Crippen molar-refractivity contribution in [2.24, 2.45) is 0 Å². The molecular weight excluding hydrogens is 260 g/mol. The average Bonchev–Trinajstić information content (AvgIpc) is 2.34. The summed E-state index contributed by atoms with van der Waals surface area (Å²) >= 11 is 0. The molecule has 0 saturated carbocycles. The largest absolute Gasteiger partial charge is 0.543 e. The number of hydrogen-bond acceptors (Lipinski definition) is 1. The van der Waals surface area contributed by atoms with Crippen LogP contribution in [0.15, 0.2) is 24.0 Å². The Morgan fingerprint density at radius 2 is 1.60 bits per heavy atom. The molecule has 0 rings (SSSR count). The Kier molecular flexibility index (Phi) is 7.97. The zero-order valence-corrected chi connectivity index (χ0v) is 15.4. The predicted molar refractivity (Wildman–Crippen MR) is 93.1 cm³/mol. The maximum atomic E-state index is 6.54. The van der Waals surface area contributed by atoms with E-state index >= 15 is 0 Å². The summed E-state index contributed by atoms with van der Waals surface area (Å²) in [6, 6.07) is 0. The zero-order valence-electron chi connectivity index (χ0n) is 14.4. The maximum Gasteiger partial charge on any atom is 0.258 e. The quantitative estimate of drug-likeness (QED) is 0.174. The van der Waals surface area contributed by atoms with E-state index in [4.69, 9.17) is 10.8 Å². The zero-order chi connectivity index (χ0) is 15.9. The van der Waals surface area contributed by atoms with Crippen molar-refractivity contribution in [2.75, 3.05) is 0 Å². The molecule has 0 N–H and O–H groups in total. The standard InChI is InChI=1S/C18H32OSi/c1-10-11-12-13-17(8)18(9)19-20(14(2)3,15(4)5)16(6)7/h1,13-16H,9,11-12H2,2-8H3/b17-13+. The van der Waals surface area contributed by atoms with Crippen LogP contribution in [-0.4, -0.2) is 8.32 Å². The van der Waals surface area contributed by atoms with Crippen LogP contribution in [0.2, 0.25) is 16.6 Å². The fourth-order valence-corrected chi connectivity index (χ4v) is 8.43. The van der Waals surface area contributed by atoms with E-state index in [2.05, 4.69) is 67.0 Å². The molecule has 0 fully saturated rings. The Morgan fingerprint density at radius 3 is 1.95 bits per heavy atom. The lowest BCUT2D eigenvalue weighted by atomic mass is 10.2. The van der Waals surface area contributed by atoms with Gasteiger partial charge in [0.15, 0.2) is 0 Å². The molecule has 114 valence electrons. The lowest BCUT2D eigenvalue weighted by Gasteiger charge is -2.42. The van der Waals surface area contributed by atoms with Gasteiger partial charge in [0.05, 0.1) is 5.76 Å². The molecule has 0 radical (unpaired) electrons. The molecule has 2 heteroatoms. The van der Waals surface area contributed by atoms with Crippen LogP contribution in [0.25, 0.3) is 0 Å². The Balaban J connectivity index is 5.15. The highest BCUT2D eigenvalue weighted by molar-refractivity contribution is 6.77. The second-order valence-electron chi connectivity index (χ2n) is 6.47. The van der Waals surface area contributed by atoms with E-state index in [1.54, 1.807) is 0 Å². The fraction of sp³-hybridized carbons (Fsp3) is 0.667. The lowest BCUT2D eigenvalue weighted by molar-refractivity contribution is 0.382. The van der Waals surface area contributed by atoms with Crippen LogP contribution >= 0.6 is 0 Å². The normalized spacial score (nSPS) is 12.9. The summed E-state index contributed by atoms with van der Waals surface area (Å²) in [6.07, 6.45) is 9.09. The maximum absolute atomic E-state index is 6.54. The highest BCUT2D eigenvalue weighted by atomic mass is 28.4. The number of terminal acetylenes is 1.